The number of alkyl halides is 3. The van der Waals surface area contributed by atoms with Crippen molar-refractivity contribution in [3.63, 3.8) is 0 Å². The lowest BCUT2D eigenvalue weighted by Crippen LogP contribution is -2.35. The van der Waals surface area contributed by atoms with E-state index in [1.807, 2.05) is 0 Å². The van der Waals surface area contributed by atoms with E-state index in [4.69, 9.17) is 10.5 Å². The number of rotatable bonds is 4. The number of nitrogens with two attached hydrogens (primary N) is 1. The Labute approximate surface area is 102 Å². The van der Waals surface area contributed by atoms with Crippen molar-refractivity contribution in [2.24, 2.45) is 5.73 Å². The summed E-state index contributed by atoms with van der Waals surface area (Å²) in [5, 5.41) is 2.41. The van der Waals surface area contributed by atoms with Gasteiger partial charge in [0.2, 0.25) is 0 Å². The summed E-state index contributed by atoms with van der Waals surface area (Å²) in [5.74, 6) is -0.500. The molecule has 0 bridgehead atoms. The van der Waals surface area contributed by atoms with E-state index < -0.39 is 23.8 Å². The number of anilines is 1. The number of halogens is 3. The molecular weight excluding hydrogens is 249 g/mol. The van der Waals surface area contributed by atoms with Gasteiger partial charge in [-0.15, -0.1) is 0 Å². The summed E-state index contributed by atoms with van der Waals surface area (Å²) in [5.41, 5.74) is 4.76. The normalized spacial score (nSPS) is 13.2. The zero-order chi connectivity index (χ0) is 13.8. The summed E-state index contributed by atoms with van der Waals surface area (Å²) in [6, 6.07) is 4.12. The van der Waals surface area contributed by atoms with Gasteiger partial charge in [-0.2, -0.15) is 13.2 Å². The van der Waals surface area contributed by atoms with Crippen LogP contribution in [-0.4, -0.2) is 25.7 Å². The smallest absolute Gasteiger partial charge is 0.370 e. The Kier molecular flexibility index (Phi) is 4.69. The maximum atomic E-state index is 12.3. The van der Waals surface area contributed by atoms with E-state index >= 15 is 0 Å². The number of ether oxygens (including phenoxy) is 1. The summed E-state index contributed by atoms with van der Waals surface area (Å²) < 4.78 is 41.7. The third-order valence-corrected chi connectivity index (χ3v) is 2.27. The van der Waals surface area contributed by atoms with E-state index in [2.05, 4.69) is 5.32 Å². The van der Waals surface area contributed by atoms with Gasteiger partial charge in [-0.05, 0) is 24.3 Å². The SMILES string of the molecule is COC(CN)C(=O)Nc1ccc(C(F)(F)F)cc1. The molecule has 1 atom stereocenters. The molecule has 0 aliphatic rings. The third-order valence-electron chi connectivity index (χ3n) is 2.27. The quantitative estimate of drug-likeness (QED) is 0.866. The number of nitrogens with one attached hydrogen (secondary N) is 1. The fraction of sp³-hybridized carbons (Fsp3) is 0.364. The average molecular weight is 262 g/mol. The zero-order valence-electron chi connectivity index (χ0n) is 9.62. The van der Waals surface area contributed by atoms with Crippen molar-refractivity contribution in [3.05, 3.63) is 29.8 Å². The number of amides is 1. The summed E-state index contributed by atoms with van der Waals surface area (Å²) in [6.07, 6.45) is -5.22. The molecule has 0 aliphatic heterocycles. The Bertz CT molecular complexity index is 400. The summed E-state index contributed by atoms with van der Waals surface area (Å²) in [6.45, 7) is -0.0109. The van der Waals surface area contributed by atoms with Crippen molar-refractivity contribution in [1.29, 1.82) is 0 Å². The second-order valence-electron chi connectivity index (χ2n) is 3.52. The van der Waals surface area contributed by atoms with Crippen LogP contribution < -0.4 is 11.1 Å². The second-order valence-corrected chi connectivity index (χ2v) is 3.52. The molecule has 0 spiro atoms. The second kappa shape index (κ2) is 5.83. The first-order valence-corrected chi connectivity index (χ1v) is 5.09. The molecule has 4 nitrogen and oxygen atoms in total. The van der Waals surface area contributed by atoms with Gasteiger partial charge in [0.05, 0.1) is 5.56 Å². The third kappa shape index (κ3) is 3.71. The van der Waals surface area contributed by atoms with Crippen molar-refractivity contribution in [1.82, 2.24) is 0 Å². The van der Waals surface area contributed by atoms with Crippen molar-refractivity contribution >= 4 is 11.6 Å². The fourth-order valence-electron chi connectivity index (χ4n) is 1.28. The van der Waals surface area contributed by atoms with E-state index in [0.717, 1.165) is 12.1 Å². The van der Waals surface area contributed by atoms with Crippen LogP contribution in [0.4, 0.5) is 18.9 Å². The van der Waals surface area contributed by atoms with Crippen molar-refractivity contribution in [3.8, 4) is 0 Å². The standard InChI is InChI=1S/C11H13F3N2O2/c1-18-9(6-15)10(17)16-8-4-2-7(3-5-8)11(12,13)14/h2-5,9H,6,15H2,1H3,(H,16,17). The highest BCUT2D eigenvalue weighted by Gasteiger charge is 2.30. The van der Waals surface area contributed by atoms with Gasteiger partial charge < -0.3 is 15.8 Å². The first-order valence-electron chi connectivity index (χ1n) is 5.09. The molecule has 18 heavy (non-hydrogen) atoms. The predicted molar refractivity (Wildman–Crippen MR) is 59.9 cm³/mol. The van der Waals surface area contributed by atoms with Crippen molar-refractivity contribution in [2.75, 3.05) is 19.0 Å². The molecule has 1 unspecified atom stereocenters. The van der Waals surface area contributed by atoms with Crippen molar-refractivity contribution < 1.29 is 22.7 Å². The van der Waals surface area contributed by atoms with Crippen LogP contribution in [0.25, 0.3) is 0 Å². The van der Waals surface area contributed by atoms with Gasteiger partial charge >= 0.3 is 6.18 Å². The molecular formula is C11H13F3N2O2. The molecule has 1 aromatic rings. The monoisotopic (exact) mass is 262 g/mol. The molecule has 0 fully saturated rings. The topological polar surface area (TPSA) is 64.3 Å². The van der Waals surface area contributed by atoms with Crippen LogP contribution >= 0.6 is 0 Å². The van der Waals surface area contributed by atoms with Crippen molar-refractivity contribution in [2.45, 2.75) is 12.3 Å². The van der Waals surface area contributed by atoms with Gasteiger partial charge in [0.25, 0.3) is 5.91 Å². The van der Waals surface area contributed by atoms with Crippen LogP contribution in [-0.2, 0) is 15.7 Å². The van der Waals surface area contributed by atoms with Crippen LogP contribution in [0.1, 0.15) is 5.56 Å². The van der Waals surface area contributed by atoms with E-state index in [9.17, 15) is 18.0 Å². The minimum atomic E-state index is -4.39. The minimum absolute atomic E-state index is 0.0109. The number of carbonyl (C=O) groups is 1. The van der Waals surface area contributed by atoms with Gasteiger partial charge in [0.15, 0.2) is 0 Å². The predicted octanol–water partition coefficient (Wildman–Crippen LogP) is 1.62. The average Bonchev–Trinajstić information content (AvgIpc) is 2.30. The zero-order valence-corrected chi connectivity index (χ0v) is 9.62. The molecule has 0 aliphatic carbocycles. The summed E-state index contributed by atoms with van der Waals surface area (Å²) in [7, 11) is 1.32. The highest BCUT2D eigenvalue weighted by Crippen LogP contribution is 2.29. The first kappa shape index (κ1) is 14.5. The van der Waals surface area contributed by atoms with E-state index in [0.29, 0.717) is 0 Å². The maximum absolute atomic E-state index is 12.3. The molecule has 100 valence electrons. The molecule has 3 N–H and O–H groups in total. The largest absolute Gasteiger partial charge is 0.416 e. The number of hydrogen-bond acceptors (Lipinski definition) is 3. The molecule has 7 heteroatoms. The van der Waals surface area contributed by atoms with Gasteiger partial charge in [-0.25, -0.2) is 0 Å². The molecule has 0 radical (unpaired) electrons. The number of benzene rings is 1. The van der Waals surface area contributed by atoms with Crippen LogP contribution in [0.5, 0.6) is 0 Å². The Morgan fingerprint density at radius 2 is 1.94 bits per heavy atom. The van der Waals surface area contributed by atoms with Crippen LogP contribution in [0, 0.1) is 0 Å². The van der Waals surface area contributed by atoms with E-state index in [-0.39, 0.29) is 12.2 Å². The lowest BCUT2D eigenvalue weighted by molar-refractivity contribution is -0.137. The minimum Gasteiger partial charge on any atom is -0.370 e. The Balaban J connectivity index is 2.72. The number of hydrogen-bond donors (Lipinski definition) is 2. The highest BCUT2D eigenvalue weighted by molar-refractivity contribution is 5.94. The van der Waals surface area contributed by atoms with E-state index in [1.54, 1.807) is 0 Å². The fourth-order valence-corrected chi connectivity index (χ4v) is 1.28. The van der Waals surface area contributed by atoms with Crippen LogP contribution in [0.3, 0.4) is 0 Å². The Hall–Kier alpha value is -1.60. The molecule has 1 amide bonds. The van der Waals surface area contributed by atoms with Gasteiger partial charge in [0.1, 0.15) is 6.10 Å². The van der Waals surface area contributed by atoms with Gasteiger partial charge in [0, 0.05) is 19.3 Å². The molecule has 0 heterocycles. The molecule has 0 aromatic heterocycles. The van der Waals surface area contributed by atoms with Crippen LogP contribution in [0.15, 0.2) is 24.3 Å². The lowest BCUT2D eigenvalue weighted by Gasteiger charge is -2.13. The van der Waals surface area contributed by atoms with Crippen LogP contribution in [0.2, 0.25) is 0 Å². The number of carbonyl (C=O) groups excluding carboxylic acids is 1. The summed E-state index contributed by atoms with van der Waals surface area (Å²) in [4.78, 5) is 11.5. The molecule has 0 saturated carbocycles. The van der Waals surface area contributed by atoms with Gasteiger partial charge in [-0.1, -0.05) is 0 Å². The summed E-state index contributed by atoms with van der Waals surface area (Å²) >= 11 is 0. The molecule has 0 saturated heterocycles. The maximum Gasteiger partial charge on any atom is 0.416 e. The highest BCUT2D eigenvalue weighted by atomic mass is 19.4. The molecule has 1 aromatic carbocycles. The Morgan fingerprint density at radius 1 is 1.39 bits per heavy atom. The van der Waals surface area contributed by atoms with E-state index in [1.165, 1.54) is 19.2 Å². The van der Waals surface area contributed by atoms with Gasteiger partial charge in [-0.3, -0.25) is 4.79 Å². The number of methoxy groups -OCH3 is 1. The first-order chi connectivity index (χ1) is 8.38. The molecule has 1 rings (SSSR count). The Morgan fingerprint density at radius 3 is 2.33 bits per heavy atom. The lowest BCUT2D eigenvalue weighted by atomic mass is 10.2.